The zero-order valence-corrected chi connectivity index (χ0v) is 15.1. The molecule has 0 spiro atoms. The summed E-state index contributed by atoms with van der Waals surface area (Å²) < 4.78 is 22.6. The first kappa shape index (κ1) is 18.0. The van der Waals surface area contributed by atoms with Crippen molar-refractivity contribution in [2.75, 3.05) is 6.54 Å². The van der Waals surface area contributed by atoms with E-state index in [4.69, 9.17) is 5.14 Å². The molecule has 0 bridgehead atoms. The monoisotopic (exact) mass is 369 g/mol. The van der Waals surface area contributed by atoms with Crippen LogP contribution in [0.2, 0.25) is 0 Å². The van der Waals surface area contributed by atoms with Gasteiger partial charge in [0.15, 0.2) is 0 Å². The Kier molecular flexibility index (Phi) is 5.01. The lowest BCUT2D eigenvalue weighted by Gasteiger charge is -2.15. The summed E-state index contributed by atoms with van der Waals surface area (Å²) in [6.07, 6.45) is 2.36. The van der Waals surface area contributed by atoms with E-state index < -0.39 is 10.0 Å². The summed E-state index contributed by atoms with van der Waals surface area (Å²) in [5, 5.41) is 5.09. The van der Waals surface area contributed by atoms with Crippen LogP contribution in [0.25, 0.3) is 6.08 Å². The molecule has 0 fully saturated rings. The summed E-state index contributed by atoms with van der Waals surface area (Å²) in [5.41, 5.74) is 2.25. The minimum atomic E-state index is -3.70. The van der Waals surface area contributed by atoms with Gasteiger partial charge in [-0.3, -0.25) is 9.69 Å². The summed E-state index contributed by atoms with van der Waals surface area (Å²) in [4.78, 5) is 18.6. The topological polar surface area (TPSA) is 92.8 Å². The zero-order valence-electron chi connectivity index (χ0n) is 14.3. The second-order valence-electron chi connectivity index (χ2n) is 6.00. The molecule has 1 amide bonds. The van der Waals surface area contributed by atoms with E-state index in [1.54, 1.807) is 30.0 Å². The van der Waals surface area contributed by atoms with Gasteiger partial charge in [-0.25, -0.2) is 18.5 Å². The van der Waals surface area contributed by atoms with Crippen LogP contribution in [0, 0.1) is 0 Å². The van der Waals surface area contributed by atoms with Gasteiger partial charge in [-0.05, 0) is 42.7 Å². The molecule has 2 N–H and O–H groups in total. The van der Waals surface area contributed by atoms with Gasteiger partial charge in [-0.1, -0.05) is 42.5 Å². The number of rotatable bonds is 5. The highest BCUT2D eigenvalue weighted by atomic mass is 32.2. The van der Waals surface area contributed by atoms with Crippen LogP contribution in [0.4, 0.5) is 0 Å². The Morgan fingerprint density at radius 1 is 1.08 bits per heavy atom. The van der Waals surface area contributed by atoms with E-state index in [2.05, 4.69) is 4.99 Å². The smallest absolute Gasteiger partial charge is 0.277 e. The maximum atomic E-state index is 12.6. The lowest BCUT2D eigenvalue weighted by atomic mass is 10.1. The highest BCUT2D eigenvalue weighted by Gasteiger charge is 2.26. The van der Waals surface area contributed by atoms with Gasteiger partial charge in [0.05, 0.1) is 4.90 Å². The largest absolute Gasteiger partial charge is 0.295 e. The Morgan fingerprint density at radius 2 is 1.73 bits per heavy atom. The van der Waals surface area contributed by atoms with Crippen LogP contribution in [0.5, 0.6) is 0 Å². The lowest BCUT2D eigenvalue weighted by Crippen LogP contribution is -2.32. The van der Waals surface area contributed by atoms with Crippen LogP contribution in [0.3, 0.4) is 0 Å². The molecule has 0 radical (unpaired) electrons. The van der Waals surface area contributed by atoms with Gasteiger partial charge in [0.25, 0.3) is 5.91 Å². The van der Waals surface area contributed by atoms with Gasteiger partial charge < -0.3 is 0 Å². The number of nitrogens with two attached hydrogens (primary N) is 1. The summed E-state index contributed by atoms with van der Waals surface area (Å²) >= 11 is 0. The third-order valence-electron chi connectivity index (χ3n) is 4.12. The number of benzene rings is 2. The molecule has 1 heterocycles. The molecule has 0 aromatic heterocycles. The van der Waals surface area contributed by atoms with Crippen molar-refractivity contribution in [1.82, 2.24) is 4.90 Å². The molecule has 0 atom stereocenters. The molecule has 0 saturated carbocycles. The van der Waals surface area contributed by atoms with E-state index in [0.717, 1.165) is 11.1 Å². The number of amides is 1. The summed E-state index contributed by atoms with van der Waals surface area (Å²) in [6.45, 7) is 2.27. The minimum absolute atomic E-state index is 0.0734. The van der Waals surface area contributed by atoms with E-state index in [1.165, 1.54) is 12.1 Å². The molecule has 0 unspecified atom stereocenters. The minimum Gasteiger partial charge on any atom is -0.295 e. The summed E-state index contributed by atoms with van der Waals surface area (Å²) in [5.74, 6) is 0.519. The third-order valence-corrected chi connectivity index (χ3v) is 5.05. The molecule has 7 heteroatoms. The van der Waals surface area contributed by atoms with Crippen LogP contribution in [-0.2, 0) is 21.2 Å². The summed E-state index contributed by atoms with van der Waals surface area (Å²) in [6, 6.07) is 15.9. The molecule has 26 heavy (non-hydrogen) atoms. The van der Waals surface area contributed by atoms with Gasteiger partial charge in [0, 0.05) is 6.54 Å². The predicted octanol–water partition coefficient (Wildman–Crippen LogP) is 2.18. The normalized spacial score (nSPS) is 16.2. The van der Waals surface area contributed by atoms with Crippen molar-refractivity contribution in [3.05, 3.63) is 71.4 Å². The second-order valence-corrected chi connectivity index (χ2v) is 7.56. The van der Waals surface area contributed by atoms with Crippen molar-refractivity contribution in [3.8, 4) is 0 Å². The zero-order chi connectivity index (χ0) is 18.7. The highest BCUT2D eigenvalue weighted by Crippen LogP contribution is 2.19. The second kappa shape index (κ2) is 7.23. The number of amidine groups is 1. The Labute approximate surface area is 152 Å². The number of carbonyl (C=O) groups excluding carboxylic acids is 1. The summed E-state index contributed by atoms with van der Waals surface area (Å²) in [7, 11) is -3.70. The molecular formula is C19H19N3O3S. The standard InChI is InChI=1S/C19H19N3O3S/c1-14-21-18(13-16-5-3-2-4-6-16)19(23)22(14)12-11-15-7-9-17(10-8-15)26(20,24)25/h2-10,13H,11-12H2,1H3,(H2,20,24,25)/b18-13-. The Hall–Kier alpha value is -2.77. The number of hydrogen-bond donors (Lipinski definition) is 1. The fourth-order valence-electron chi connectivity index (χ4n) is 2.72. The van der Waals surface area contributed by atoms with Crippen LogP contribution in [-0.4, -0.2) is 31.6 Å². The first-order valence-corrected chi connectivity index (χ1v) is 9.65. The molecule has 2 aromatic rings. The van der Waals surface area contributed by atoms with Gasteiger partial charge in [-0.2, -0.15) is 0 Å². The molecule has 134 valence electrons. The number of primary sulfonamides is 1. The van der Waals surface area contributed by atoms with Gasteiger partial charge >= 0.3 is 0 Å². The van der Waals surface area contributed by atoms with Crippen molar-refractivity contribution in [2.24, 2.45) is 10.1 Å². The Bertz CT molecular complexity index is 978. The molecule has 1 aliphatic rings. The van der Waals surface area contributed by atoms with E-state index in [0.29, 0.717) is 24.5 Å². The number of carbonyl (C=O) groups is 1. The third kappa shape index (κ3) is 4.07. The van der Waals surface area contributed by atoms with Crippen LogP contribution >= 0.6 is 0 Å². The quantitative estimate of drug-likeness (QED) is 0.819. The molecule has 2 aromatic carbocycles. The average molecular weight is 369 g/mol. The Morgan fingerprint density at radius 3 is 2.35 bits per heavy atom. The molecular weight excluding hydrogens is 350 g/mol. The average Bonchev–Trinajstić information content (AvgIpc) is 2.87. The maximum absolute atomic E-state index is 12.6. The van der Waals surface area contributed by atoms with Crippen molar-refractivity contribution in [1.29, 1.82) is 0 Å². The van der Waals surface area contributed by atoms with Crippen LogP contribution in [0.1, 0.15) is 18.1 Å². The fourth-order valence-corrected chi connectivity index (χ4v) is 3.23. The first-order chi connectivity index (χ1) is 12.3. The van der Waals surface area contributed by atoms with E-state index >= 15 is 0 Å². The van der Waals surface area contributed by atoms with Crippen molar-refractivity contribution in [2.45, 2.75) is 18.2 Å². The van der Waals surface area contributed by atoms with Crippen molar-refractivity contribution in [3.63, 3.8) is 0 Å². The highest BCUT2D eigenvalue weighted by molar-refractivity contribution is 7.89. The maximum Gasteiger partial charge on any atom is 0.277 e. The lowest BCUT2D eigenvalue weighted by molar-refractivity contribution is -0.122. The number of sulfonamides is 1. The van der Waals surface area contributed by atoms with Crippen LogP contribution < -0.4 is 5.14 Å². The molecule has 0 saturated heterocycles. The van der Waals surface area contributed by atoms with E-state index in [1.807, 2.05) is 30.3 Å². The van der Waals surface area contributed by atoms with Gasteiger partial charge in [-0.15, -0.1) is 0 Å². The number of hydrogen-bond acceptors (Lipinski definition) is 4. The van der Waals surface area contributed by atoms with Gasteiger partial charge in [0.2, 0.25) is 10.0 Å². The van der Waals surface area contributed by atoms with E-state index in [9.17, 15) is 13.2 Å². The number of aliphatic imine (C=N–C) groups is 1. The first-order valence-electron chi connectivity index (χ1n) is 8.10. The molecule has 0 aliphatic carbocycles. The Balaban J connectivity index is 1.68. The van der Waals surface area contributed by atoms with E-state index in [-0.39, 0.29) is 10.8 Å². The van der Waals surface area contributed by atoms with Crippen molar-refractivity contribution < 1.29 is 13.2 Å². The number of nitrogens with zero attached hydrogens (tertiary/aromatic N) is 2. The predicted molar refractivity (Wildman–Crippen MR) is 101 cm³/mol. The SMILES string of the molecule is CC1=N/C(=C\c2ccccc2)C(=O)N1CCc1ccc(S(N)(=O)=O)cc1. The van der Waals surface area contributed by atoms with Gasteiger partial charge in [0.1, 0.15) is 11.5 Å². The molecule has 6 nitrogen and oxygen atoms in total. The fraction of sp³-hybridized carbons (Fsp3) is 0.158. The van der Waals surface area contributed by atoms with Crippen molar-refractivity contribution >= 4 is 27.8 Å². The molecule has 1 aliphatic heterocycles. The van der Waals surface area contributed by atoms with Crippen LogP contribution in [0.15, 0.2) is 70.2 Å². The molecule has 3 rings (SSSR count).